The number of nitrogens with one attached hydrogen (secondary N) is 2. The minimum Gasteiger partial charge on any atom is -0.493 e. The molecule has 0 radical (unpaired) electrons. The topological polar surface area (TPSA) is 136 Å². The van der Waals surface area contributed by atoms with Crippen molar-refractivity contribution in [2.45, 2.75) is 18.9 Å². The van der Waals surface area contributed by atoms with Gasteiger partial charge in [0.15, 0.2) is 22.5 Å². The van der Waals surface area contributed by atoms with E-state index in [2.05, 4.69) is 32.0 Å². The average Bonchev–Trinajstić information content (AvgIpc) is 3.84. The Kier molecular flexibility index (Phi) is 9.59. The summed E-state index contributed by atoms with van der Waals surface area (Å²) in [6.45, 7) is 6.46. The Morgan fingerprint density at radius 1 is 1.15 bits per heavy atom. The van der Waals surface area contributed by atoms with Gasteiger partial charge >= 0.3 is 0 Å². The smallest absolute Gasteiger partial charge is 0.267 e. The van der Waals surface area contributed by atoms with Crippen LogP contribution in [-0.4, -0.2) is 89.3 Å². The van der Waals surface area contributed by atoms with Crippen LogP contribution in [0.2, 0.25) is 0 Å². The molecule has 0 atom stereocenters. The molecule has 1 aliphatic heterocycles. The van der Waals surface area contributed by atoms with Crippen molar-refractivity contribution in [1.82, 2.24) is 19.9 Å². The summed E-state index contributed by atoms with van der Waals surface area (Å²) in [5.74, 6) is 0.573. The van der Waals surface area contributed by atoms with Gasteiger partial charge in [-0.2, -0.15) is 0 Å². The molecule has 4 heterocycles. The molecular weight excluding hydrogens is 623 g/mol. The van der Waals surface area contributed by atoms with Crippen LogP contribution in [0.5, 0.6) is 5.75 Å². The lowest BCUT2D eigenvalue weighted by molar-refractivity contribution is -0.126. The Balaban J connectivity index is 1.26. The molecule has 1 saturated carbocycles. The molecule has 3 N–H and O–H groups in total. The number of piperazine rings is 1. The predicted molar refractivity (Wildman–Crippen MR) is 180 cm³/mol. The number of aliphatic hydroxyl groups excluding tert-OH is 1. The first-order valence-electron chi connectivity index (χ1n) is 15.3. The molecule has 1 aliphatic carbocycles. The van der Waals surface area contributed by atoms with Crippen LogP contribution >= 0.6 is 11.3 Å². The third kappa shape index (κ3) is 7.18. The minimum absolute atomic E-state index is 0.00471. The van der Waals surface area contributed by atoms with Crippen LogP contribution in [-0.2, 0) is 4.79 Å². The number of pyridine rings is 2. The number of amides is 2. The number of nitrogens with zero attached hydrogens (tertiary/aromatic N) is 6. The highest BCUT2D eigenvalue weighted by Gasteiger charge is 2.33. The number of carbonyl (C=O) groups excluding carboxylic acids is 2. The Bertz CT molecular complexity index is 1770. The lowest BCUT2D eigenvalue weighted by atomic mass is 10.1. The molecule has 12 nitrogen and oxygen atoms in total. The lowest BCUT2D eigenvalue weighted by Crippen LogP contribution is -2.49. The predicted octanol–water partition coefficient (Wildman–Crippen LogP) is 4.54. The number of benzene rings is 1. The summed E-state index contributed by atoms with van der Waals surface area (Å²) in [6, 6.07) is 11.9. The van der Waals surface area contributed by atoms with Crippen molar-refractivity contribution in [2.24, 2.45) is 0 Å². The summed E-state index contributed by atoms with van der Waals surface area (Å²) in [5, 5.41) is 16.1. The van der Waals surface area contributed by atoms with Crippen molar-refractivity contribution in [1.29, 1.82) is 0 Å². The van der Waals surface area contributed by atoms with E-state index in [1.54, 1.807) is 29.3 Å². The van der Waals surface area contributed by atoms with Crippen LogP contribution in [0.4, 0.5) is 32.5 Å². The van der Waals surface area contributed by atoms with E-state index < -0.39 is 11.7 Å². The largest absolute Gasteiger partial charge is 0.493 e. The molecule has 1 saturated heterocycles. The van der Waals surface area contributed by atoms with Gasteiger partial charge in [0.2, 0.25) is 5.91 Å². The third-order valence-corrected chi connectivity index (χ3v) is 8.91. The average molecular weight is 659 g/mol. The second kappa shape index (κ2) is 14.1. The molecule has 0 bridgehead atoms. The fraction of sp³-hybridized carbons (Fsp3) is 0.303. The summed E-state index contributed by atoms with van der Waals surface area (Å²) in [7, 11) is 1.54. The Morgan fingerprint density at radius 2 is 1.94 bits per heavy atom. The highest BCUT2D eigenvalue weighted by molar-refractivity contribution is 7.17. The highest BCUT2D eigenvalue weighted by atomic mass is 32.1. The summed E-state index contributed by atoms with van der Waals surface area (Å²) in [5.41, 5.74) is 2.38. The van der Waals surface area contributed by atoms with E-state index >= 15 is 0 Å². The van der Waals surface area contributed by atoms with Crippen LogP contribution in [0, 0.1) is 5.82 Å². The molecular formula is C33H35FN8O4S. The van der Waals surface area contributed by atoms with Crippen molar-refractivity contribution in [3.63, 3.8) is 0 Å². The molecule has 6 rings (SSSR count). The van der Waals surface area contributed by atoms with E-state index in [9.17, 15) is 19.1 Å². The second-order valence-corrected chi connectivity index (χ2v) is 12.1. The van der Waals surface area contributed by atoms with Crippen molar-refractivity contribution in [2.75, 3.05) is 66.9 Å². The number of thiazole rings is 1. The first-order chi connectivity index (χ1) is 22.9. The summed E-state index contributed by atoms with van der Waals surface area (Å²) in [6.07, 6.45) is 6.60. The van der Waals surface area contributed by atoms with Crippen molar-refractivity contribution in [3.8, 4) is 17.0 Å². The zero-order chi connectivity index (χ0) is 32.9. The fourth-order valence-corrected chi connectivity index (χ4v) is 6.16. The number of aromatic nitrogens is 3. The highest BCUT2D eigenvalue weighted by Crippen LogP contribution is 2.39. The Morgan fingerprint density at radius 3 is 2.64 bits per heavy atom. The minimum atomic E-state index is -0.528. The second-order valence-electron chi connectivity index (χ2n) is 11.1. The van der Waals surface area contributed by atoms with Gasteiger partial charge in [-0.15, -0.1) is 0 Å². The van der Waals surface area contributed by atoms with Crippen molar-refractivity contribution in [3.05, 3.63) is 78.2 Å². The molecule has 1 aromatic carbocycles. The van der Waals surface area contributed by atoms with Crippen LogP contribution in [0.3, 0.4) is 0 Å². The van der Waals surface area contributed by atoms with Gasteiger partial charge in [0.25, 0.3) is 5.91 Å². The van der Waals surface area contributed by atoms with Gasteiger partial charge in [-0.1, -0.05) is 30.0 Å². The summed E-state index contributed by atoms with van der Waals surface area (Å²) in [4.78, 5) is 45.4. The van der Waals surface area contributed by atoms with E-state index in [1.807, 2.05) is 12.1 Å². The Hall–Kier alpha value is -5.08. The van der Waals surface area contributed by atoms with Gasteiger partial charge in [-0.25, -0.2) is 19.3 Å². The van der Waals surface area contributed by atoms with Gasteiger partial charge in [0, 0.05) is 50.5 Å². The SMILES string of the molecule is C=CC(=O)N1CCN(c2ncc(-c3ccc(OC)c(Nc4ncc(C(=O)Nc5ccccc5F)s4)n3)cc2N(CCO)C2CC2)CC1. The molecule has 4 aromatic rings. The molecule has 2 aliphatic rings. The van der Waals surface area contributed by atoms with E-state index in [-0.39, 0.29) is 23.1 Å². The van der Waals surface area contributed by atoms with Gasteiger partial charge < -0.3 is 35.2 Å². The molecule has 2 amide bonds. The maximum atomic E-state index is 14.0. The number of ether oxygens (including phenoxy) is 1. The number of hydrogen-bond acceptors (Lipinski definition) is 11. The molecule has 244 valence electrons. The van der Waals surface area contributed by atoms with E-state index in [0.717, 1.165) is 41.2 Å². The van der Waals surface area contributed by atoms with E-state index in [4.69, 9.17) is 14.7 Å². The fourth-order valence-electron chi connectivity index (χ4n) is 5.45. The maximum absolute atomic E-state index is 14.0. The molecule has 14 heteroatoms. The van der Waals surface area contributed by atoms with Crippen LogP contribution in [0.25, 0.3) is 11.3 Å². The van der Waals surface area contributed by atoms with Crippen LogP contribution in [0.1, 0.15) is 22.5 Å². The van der Waals surface area contributed by atoms with Crippen LogP contribution < -0.4 is 25.2 Å². The third-order valence-electron chi connectivity index (χ3n) is 8.00. The Labute approximate surface area is 275 Å². The van der Waals surface area contributed by atoms with Gasteiger partial charge in [0.1, 0.15) is 10.7 Å². The number of aliphatic hydroxyl groups is 1. The van der Waals surface area contributed by atoms with Gasteiger partial charge in [0.05, 0.1) is 37.0 Å². The normalized spacial score (nSPS) is 14.4. The number of methoxy groups -OCH3 is 1. The number of hydrogen-bond donors (Lipinski definition) is 3. The lowest BCUT2D eigenvalue weighted by Gasteiger charge is -2.37. The molecule has 2 fully saturated rings. The standard InChI is InChI=1S/C33H35FN8O4S/c1-3-29(44)40-12-14-41(15-13-40)31-26(42(16-17-43)22-8-9-22)18-21(19-35-31)24-10-11-27(46-2)30(37-24)39-33-36-20-28(47-33)32(45)38-25-7-5-4-6-23(25)34/h3-7,10-11,18-20,22,43H,1,8-9,12-17H2,2H3,(H,38,45)(H,36,37,39). The number of carbonyl (C=O) groups is 2. The van der Waals surface area contributed by atoms with Crippen molar-refractivity contribution < 1.29 is 23.8 Å². The molecule has 47 heavy (non-hydrogen) atoms. The molecule has 0 unspecified atom stereocenters. The number of para-hydroxylation sites is 1. The van der Waals surface area contributed by atoms with Gasteiger partial charge in [-0.3, -0.25) is 9.59 Å². The summed E-state index contributed by atoms with van der Waals surface area (Å²) >= 11 is 1.09. The van der Waals surface area contributed by atoms with Crippen molar-refractivity contribution >= 4 is 51.3 Å². The van der Waals surface area contributed by atoms with Crippen LogP contribution in [0.15, 0.2) is 67.5 Å². The zero-order valence-electron chi connectivity index (χ0n) is 25.9. The monoisotopic (exact) mass is 658 g/mol. The zero-order valence-corrected chi connectivity index (χ0v) is 26.7. The molecule has 3 aromatic heterocycles. The molecule has 0 spiro atoms. The maximum Gasteiger partial charge on any atom is 0.267 e. The first kappa shape index (κ1) is 31.9. The summed E-state index contributed by atoms with van der Waals surface area (Å²) < 4.78 is 19.6. The number of halogens is 1. The first-order valence-corrected chi connectivity index (χ1v) is 16.1. The number of rotatable bonds is 12. The number of anilines is 5. The van der Waals surface area contributed by atoms with E-state index in [1.165, 1.54) is 31.5 Å². The van der Waals surface area contributed by atoms with Gasteiger partial charge in [-0.05, 0) is 49.2 Å². The van der Waals surface area contributed by atoms with E-state index in [0.29, 0.717) is 61.2 Å². The quantitative estimate of drug-likeness (QED) is 0.186.